The monoisotopic (exact) mass is 313 g/mol. The molecule has 1 saturated heterocycles. The average Bonchev–Trinajstić information content (AvgIpc) is 2.41. The van der Waals surface area contributed by atoms with Crippen LogP contribution in [0.4, 0.5) is 4.79 Å². The molecular formula is C16H31N3O3. The number of rotatable bonds is 4. The molecule has 0 bridgehead atoms. The van der Waals surface area contributed by atoms with Crippen LogP contribution in [0.3, 0.4) is 0 Å². The van der Waals surface area contributed by atoms with Gasteiger partial charge in [0.25, 0.3) is 0 Å². The van der Waals surface area contributed by atoms with E-state index in [0.29, 0.717) is 6.54 Å². The summed E-state index contributed by atoms with van der Waals surface area (Å²) in [5.74, 6) is -0.0439. The molecule has 6 nitrogen and oxygen atoms in total. The quantitative estimate of drug-likeness (QED) is 0.861. The first-order valence-corrected chi connectivity index (χ1v) is 8.15. The van der Waals surface area contributed by atoms with Gasteiger partial charge in [0.05, 0.1) is 6.54 Å². The zero-order valence-corrected chi connectivity index (χ0v) is 14.6. The Balaban J connectivity index is 2.80. The highest BCUT2D eigenvalue weighted by molar-refractivity contribution is 5.78. The van der Waals surface area contributed by atoms with E-state index in [4.69, 9.17) is 10.5 Å². The van der Waals surface area contributed by atoms with Gasteiger partial charge in [0.15, 0.2) is 0 Å². The number of amides is 2. The Labute approximate surface area is 134 Å². The van der Waals surface area contributed by atoms with Gasteiger partial charge in [0.1, 0.15) is 5.60 Å². The first kappa shape index (κ1) is 18.7. The first-order valence-electron chi connectivity index (χ1n) is 8.15. The molecule has 1 heterocycles. The van der Waals surface area contributed by atoms with Crippen LogP contribution in [-0.4, -0.2) is 59.1 Å². The van der Waals surface area contributed by atoms with Crippen molar-refractivity contribution in [2.45, 2.75) is 71.6 Å². The number of piperidine rings is 1. The molecular weight excluding hydrogens is 282 g/mol. The fraction of sp³-hybridized carbons (Fsp3) is 0.875. The van der Waals surface area contributed by atoms with Crippen molar-refractivity contribution in [1.29, 1.82) is 0 Å². The molecule has 1 rings (SSSR count). The van der Waals surface area contributed by atoms with Crippen molar-refractivity contribution in [2.24, 2.45) is 5.73 Å². The van der Waals surface area contributed by atoms with Crippen LogP contribution in [-0.2, 0) is 9.53 Å². The van der Waals surface area contributed by atoms with Gasteiger partial charge in [-0.25, -0.2) is 4.79 Å². The first-order chi connectivity index (χ1) is 10.2. The van der Waals surface area contributed by atoms with Crippen LogP contribution in [0, 0.1) is 0 Å². The largest absolute Gasteiger partial charge is 0.444 e. The predicted octanol–water partition coefficient (Wildman–Crippen LogP) is 1.97. The second kappa shape index (κ2) is 7.81. The molecule has 1 atom stereocenters. The molecule has 0 saturated carbocycles. The summed E-state index contributed by atoms with van der Waals surface area (Å²) in [6.45, 7) is 10.7. The van der Waals surface area contributed by atoms with E-state index in [-0.39, 0.29) is 30.6 Å². The summed E-state index contributed by atoms with van der Waals surface area (Å²) in [6, 6.07) is 0.0475. The van der Waals surface area contributed by atoms with E-state index in [2.05, 4.69) is 0 Å². The number of ether oxygens (including phenoxy) is 1. The number of carbonyl (C=O) groups is 2. The highest BCUT2D eigenvalue weighted by Crippen LogP contribution is 2.20. The molecule has 0 unspecified atom stereocenters. The molecule has 0 radical (unpaired) electrons. The number of nitrogens with zero attached hydrogens (tertiary/aromatic N) is 2. The van der Waals surface area contributed by atoms with Gasteiger partial charge in [-0.1, -0.05) is 0 Å². The molecule has 2 amide bonds. The Morgan fingerprint density at radius 2 is 1.95 bits per heavy atom. The van der Waals surface area contributed by atoms with E-state index in [0.717, 1.165) is 25.8 Å². The van der Waals surface area contributed by atoms with Crippen LogP contribution in [0.5, 0.6) is 0 Å². The van der Waals surface area contributed by atoms with E-state index in [9.17, 15) is 9.59 Å². The number of nitrogens with two attached hydrogens (primary N) is 1. The molecule has 0 aliphatic carbocycles. The standard InChI is InChI=1S/C16H31N3O3/c1-12(2)19(15(21)22-16(3,4)5)11-13-8-6-7-9-18(13)14(20)10-17/h12-13H,6-11,17H2,1-5H3/t13-/m1/s1. The lowest BCUT2D eigenvalue weighted by Gasteiger charge is -2.40. The summed E-state index contributed by atoms with van der Waals surface area (Å²) in [5.41, 5.74) is 4.98. The summed E-state index contributed by atoms with van der Waals surface area (Å²) < 4.78 is 5.48. The van der Waals surface area contributed by atoms with E-state index in [1.807, 2.05) is 39.5 Å². The highest BCUT2D eigenvalue weighted by atomic mass is 16.6. The Hall–Kier alpha value is -1.30. The molecule has 0 aromatic rings. The molecule has 0 spiro atoms. The van der Waals surface area contributed by atoms with Crippen LogP contribution >= 0.6 is 0 Å². The van der Waals surface area contributed by atoms with E-state index in [1.54, 1.807) is 4.90 Å². The maximum atomic E-state index is 12.4. The molecule has 1 fully saturated rings. The van der Waals surface area contributed by atoms with Crippen molar-refractivity contribution in [3.05, 3.63) is 0 Å². The van der Waals surface area contributed by atoms with Gasteiger partial charge < -0.3 is 20.3 Å². The predicted molar refractivity (Wildman–Crippen MR) is 86.5 cm³/mol. The Kier molecular flexibility index (Phi) is 6.66. The minimum atomic E-state index is -0.524. The second-order valence-electron chi connectivity index (χ2n) is 7.17. The molecule has 22 heavy (non-hydrogen) atoms. The van der Waals surface area contributed by atoms with E-state index >= 15 is 0 Å². The van der Waals surface area contributed by atoms with Gasteiger partial charge in [-0.2, -0.15) is 0 Å². The average molecular weight is 313 g/mol. The molecule has 1 aliphatic rings. The minimum Gasteiger partial charge on any atom is -0.444 e. The molecule has 128 valence electrons. The van der Waals surface area contributed by atoms with Crippen molar-refractivity contribution in [3.8, 4) is 0 Å². The molecule has 6 heteroatoms. The zero-order valence-electron chi connectivity index (χ0n) is 14.6. The number of likely N-dealkylation sites (tertiary alicyclic amines) is 1. The van der Waals surface area contributed by atoms with Crippen molar-refractivity contribution in [1.82, 2.24) is 9.80 Å². The van der Waals surface area contributed by atoms with Crippen molar-refractivity contribution in [2.75, 3.05) is 19.6 Å². The summed E-state index contributed by atoms with van der Waals surface area (Å²) in [5, 5.41) is 0. The maximum Gasteiger partial charge on any atom is 0.410 e. The number of hydrogen-bond acceptors (Lipinski definition) is 4. The summed E-state index contributed by atoms with van der Waals surface area (Å²) >= 11 is 0. The second-order valence-corrected chi connectivity index (χ2v) is 7.17. The van der Waals surface area contributed by atoms with Gasteiger partial charge in [-0.15, -0.1) is 0 Å². The van der Waals surface area contributed by atoms with Crippen LogP contribution in [0.25, 0.3) is 0 Å². The molecule has 0 aromatic heterocycles. The summed E-state index contributed by atoms with van der Waals surface area (Å²) in [6.07, 6.45) is 2.64. The van der Waals surface area contributed by atoms with Crippen molar-refractivity contribution in [3.63, 3.8) is 0 Å². The summed E-state index contributed by atoms with van der Waals surface area (Å²) in [4.78, 5) is 27.9. The molecule has 2 N–H and O–H groups in total. The Bertz CT molecular complexity index is 391. The zero-order chi connectivity index (χ0) is 16.9. The smallest absolute Gasteiger partial charge is 0.410 e. The Morgan fingerprint density at radius 3 is 2.45 bits per heavy atom. The maximum absolute atomic E-state index is 12.4. The summed E-state index contributed by atoms with van der Waals surface area (Å²) in [7, 11) is 0. The van der Waals surface area contributed by atoms with Gasteiger partial charge in [0, 0.05) is 25.2 Å². The topological polar surface area (TPSA) is 75.9 Å². The van der Waals surface area contributed by atoms with Crippen LogP contribution in [0.15, 0.2) is 0 Å². The number of hydrogen-bond donors (Lipinski definition) is 1. The van der Waals surface area contributed by atoms with Gasteiger partial charge in [-0.05, 0) is 53.9 Å². The van der Waals surface area contributed by atoms with Crippen LogP contribution in [0.2, 0.25) is 0 Å². The third-order valence-electron chi connectivity index (χ3n) is 3.78. The SMILES string of the molecule is CC(C)N(C[C@H]1CCCCN1C(=O)CN)C(=O)OC(C)(C)C. The van der Waals surface area contributed by atoms with E-state index in [1.165, 1.54) is 0 Å². The fourth-order valence-corrected chi connectivity index (χ4v) is 2.68. The highest BCUT2D eigenvalue weighted by Gasteiger charge is 2.31. The van der Waals surface area contributed by atoms with Gasteiger partial charge >= 0.3 is 6.09 Å². The lowest BCUT2D eigenvalue weighted by Crippen LogP contribution is -2.54. The van der Waals surface area contributed by atoms with Gasteiger partial charge in [0.2, 0.25) is 5.91 Å². The normalized spacial score (nSPS) is 19.2. The lowest BCUT2D eigenvalue weighted by molar-refractivity contribution is -0.133. The minimum absolute atomic E-state index is 0.0185. The molecule has 0 aromatic carbocycles. The van der Waals surface area contributed by atoms with Gasteiger partial charge in [-0.3, -0.25) is 4.79 Å². The van der Waals surface area contributed by atoms with Crippen molar-refractivity contribution < 1.29 is 14.3 Å². The Morgan fingerprint density at radius 1 is 1.32 bits per heavy atom. The van der Waals surface area contributed by atoms with Crippen LogP contribution in [0.1, 0.15) is 53.9 Å². The van der Waals surface area contributed by atoms with Crippen molar-refractivity contribution >= 4 is 12.0 Å². The fourth-order valence-electron chi connectivity index (χ4n) is 2.68. The van der Waals surface area contributed by atoms with E-state index < -0.39 is 5.60 Å². The third-order valence-corrected chi connectivity index (χ3v) is 3.78. The van der Waals surface area contributed by atoms with Crippen LogP contribution < -0.4 is 5.73 Å². The number of carbonyl (C=O) groups excluding carboxylic acids is 2. The third kappa shape index (κ3) is 5.48. The lowest BCUT2D eigenvalue weighted by atomic mass is 10.0. The molecule has 1 aliphatic heterocycles.